The minimum atomic E-state index is 0.256. The molecular formula is C17H27BrN2O. The minimum absolute atomic E-state index is 0.256. The number of halogens is 1. The van der Waals surface area contributed by atoms with Gasteiger partial charge in [-0.15, -0.1) is 0 Å². The zero-order valence-electron chi connectivity index (χ0n) is 13.7. The van der Waals surface area contributed by atoms with Crippen LogP contribution < -0.4 is 0 Å². The number of rotatable bonds is 5. The molecule has 0 atom stereocenters. The third-order valence-electron chi connectivity index (χ3n) is 5.01. The van der Waals surface area contributed by atoms with Gasteiger partial charge in [0.1, 0.15) is 5.78 Å². The Labute approximate surface area is 136 Å². The van der Waals surface area contributed by atoms with E-state index in [-0.39, 0.29) is 5.92 Å². The molecule has 1 aromatic heterocycles. The van der Waals surface area contributed by atoms with E-state index in [9.17, 15) is 4.79 Å². The number of aryl methyl sites for hydroxylation is 2. The molecule has 21 heavy (non-hydrogen) atoms. The van der Waals surface area contributed by atoms with Crippen molar-refractivity contribution in [2.75, 3.05) is 0 Å². The molecule has 1 aliphatic carbocycles. The van der Waals surface area contributed by atoms with E-state index >= 15 is 0 Å². The minimum Gasteiger partial charge on any atom is -0.299 e. The van der Waals surface area contributed by atoms with Gasteiger partial charge in [-0.25, -0.2) is 0 Å². The molecule has 0 saturated heterocycles. The van der Waals surface area contributed by atoms with Crippen LogP contribution in [0, 0.1) is 17.8 Å². The van der Waals surface area contributed by atoms with Gasteiger partial charge in [0.15, 0.2) is 0 Å². The van der Waals surface area contributed by atoms with E-state index in [1.807, 2.05) is 11.7 Å². The van der Waals surface area contributed by atoms with E-state index in [2.05, 4.69) is 41.8 Å². The Morgan fingerprint density at radius 3 is 2.43 bits per heavy atom. The first-order valence-electron chi connectivity index (χ1n) is 8.17. The zero-order valence-corrected chi connectivity index (χ0v) is 15.2. The molecule has 1 aliphatic rings. The topological polar surface area (TPSA) is 34.9 Å². The van der Waals surface area contributed by atoms with Crippen LogP contribution in [0.25, 0.3) is 0 Å². The van der Waals surface area contributed by atoms with Gasteiger partial charge in [0, 0.05) is 19.4 Å². The highest BCUT2D eigenvalue weighted by molar-refractivity contribution is 9.10. The highest BCUT2D eigenvalue weighted by Crippen LogP contribution is 2.34. The lowest BCUT2D eigenvalue weighted by molar-refractivity contribution is -0.123. The second-order valence-electron chi connectivity index (χ2n) is 6.68. The Balaban J connectivity index is 1.98. The van der Waals surface area contributed by atoms with E-state index < -0.39 is 0 Å². The second-order valence-corrected chi connectivity index (χ2v) is 7.48. The standard InChI is InChI=1S/C17H27BrN2O/c1-5-14-17(18)15(20(4)19-14)10-16(21)13-8-6-12(7-9-13)11(2)3/h11-13H,5-10H2,1-4H3. The number of Topliss-reactive ketones (excluding diaryl/α,β-unsaturated/α-hetero) is 1. The van der Waals surface area contributed by atoms with E-state index in [0.29, 0.717) is 12.2 Å². The van der Waals surface area contributed by atoms with Crippen LogP contribution in [-0.2, 0) is 24.7 Å². The summed E-state index contributed by atoms with van der Waals surface area (Å²) in [5.74, 6) is 2.21. The van der Waals surface area contributed by atoms with E-state index in [0.717, 1.165) is 47.0 Å². The van der Waals surface area contributed by atoms with Gasteiger partial charge in [0.25, 0.3) is 0 Å². The van der Waals surface area contributed by atoms with E-state index in [4.69, 9.17) is 0 Å². The summed E-state index contributed by atoms with van der Waals surface area (Å²) in [4.78, 5) is 12.6. The fourth-order valence-corrected chi connectivity index (χ4v) is 4.19. The molecule has 1 saturated carbocycles. The zero-order chi connectivity index (χ0) is 15.6. The lowest BCUT2D eigenvalue weighted by Gasteiger charge is -2.30. The first-order valence-corrected chi connectivity index (χ1v) is 8.96. The maximum Gasteiger partial charge on any atom is 0.141 e. The number of carbonyl (C=O) groups excluding carboxylic acids is 1. The van der Waals surface area contributed by atoms with Crippen molar-refractivity contribution in [3.8, 4) is 0 Å². The summed E-state index contributed by atoms with van der Waals surface area (Å²) in [6, 6.07) is 0. The van der Waals surface area contributed by atoms with Crippen LogP contribution in [0.15, 0.2) is 4.47 Å². The lowest BCUT2D eigenvalue weighted by Crippen LogP contribution is -2.25. The van der Waals surface area contributed by atoms with Gasteiger partial charge in [-0.2, -0.15) is 5.10 Å². The van der Waals surface area contributed by atoms with Crippen molar-refractivity contribution < 1.29 is 4.79 Å². The number of aromatic nitrogens is 2. The summed E-state index contributed by atoms with van der Waals surface area (Å²) >= 11 is 3.61. The van der Waals surface area contributed by atoms with E-state index in [1.165, 1.54) is 12.8 Å². The molecule has 1 heterocycles. The van der Waals surface area contributed by atoms with Crippen LogP contribution in [0.3, 0.4) is 0 Å². The highest BCUT2D eigenvalue weighted by Gasteiger charge is 2.28. The van der Waals surface area contributed by atoms with Crippen molar-refractivity contribution in [1.29, 1.82) is 0 Å². The first kappa shape index (κ1) is 16.7. The van der Waals surface area contributed by atoms with Crippen molar-refractivity contribution >= 4 is 21.7 Å². The van der Waals surface area contributed by atoms with Crippen LogP contribution >= 0.6 is 15.9 Å². The van der Waals surface area contributed by atoms with Gasteiger partial charge in [-0.3, -0.25) is 9.48 Å². The van der Waals surface area contributed by atoms with Crippen molar-refractivity contribution in [2.45, 2.75) is 59.3 Å². The van der Waals surface area contributed by atoms with Crippen molar-refractivity contribution in [1.82, 2.24) is 9.78 Å². The smallest absolute Gasteiger partial charge is 0.141 e. The molecule has 0 aliphatic heterocycles. The molecule has 3 nitrogen and oxygen atoms in total. The molecule has 1 fully saturated rings. The Morgan fingerprint density at radius 2 is 1.95 bits per heavy atom. The van der Waals surface area contributed by atoms with Crippen molar-refractivity contribution in [2.24, 2.45) is 24.8 Å². The Hall–Kier alpha value is -0.640. The van der Waals surface area contributed by atoms with E-state index in [1.54, 1.807) is 0 Å². The van der Waals surface area contributed by atoms with Gasteiger partial charge >= 0.3 is 0 Å². The number of hydrogen-bond acceptors (Lipinski definition) is 2. The number of hydrogen-bond donors (Lipinski definition) is 0. The quantitative estimate of drug-likeness (QED) is 0.788. The molecule has 118 valence electrons. The number of carbonyl (C=O) groups is 1. The molecule has 2 rings (SSSR count). The summed E-state index contributed by atoms with van der Waals surface area (Å²) in [5.41, 5.74) is 2.08. The molecule has 0 spiro atoms. The van der Waals surface area contributed by atoms with Crippen LogP contribution in [0.2, 0.25) is 0 Å². The molecule has 0 unspecified atom stereocenters. The van der Waals surface area contributed by atoms with Crippen molar-refractivity contribution in [3.05, 3.63) is 15.9 Å². The Bertz CT molecular complexity index is 499. The molecule has 0 aromatic carbocycles. The molecule has 4 heteroatoms. The molecule has 0 N–H and O–H groups in total. The van der Waals surface area contributed by atoms with Gasteiger partial charge in [-0.05, 0) is 59.9 Å². The third-order valence-corrected chi connectivity index (χ3v) is 5.93. The summed E-state index contributed by atoms with van der Waals surface area (Å²) < 4.78 is 2.89. The fourth-order valence-electron chi connectivity index (χ4n) is 3.43. The third kappa shape index (κ3) is 3.77. The number of nitrogens with zero attached hydrogens (tertiary/aromatic N) is 2. The Morgan fingerprint density at radius 1 is 1.33 bits per heavy atom. The summed E-state index contributed by atoms with van der Waals surface area (Å²) in [5, 5.41) is 4.48. The maximum atomic E-state index is 12.6. The first-order chi connectivity index (χ1) is 9.93. The van der Waals surface area contributed by atoms with Gasteiger partial charge in [0.2, 0.25) is 0 Å². The maximum absolute atomic E-state index is 12.6. The molecule has 0 amide bonds. The van der Waals surface area contributed by atoms with Crippen LogP contribution in [0.5, 0.6) is 0 Å². The molecule has 1 aromatic rings. The monoisotopic (exact) mass is 354 g/mol. The summed E-state index contributed by atoms with van der Waals surface area (Å²) in [6.07, 6.45) is 5.96. The SMILES string of the molecule is CCc1nn(C)c(CC(=O)C2CCC(C(C)C)CC2)c1Br. The molecule has 0 bridgehead atoms. The largest absolute Gasteiger partial charge is 0.299 e. The average molecular weight is 355 g/mol. The van der Waals surface area contributed by atoms with Gasteiger partial charge < -0.3 is 0 Å². The highest BCUT2D eigenvalue weighted by atomic mass is 79.9. The molecule has 0 radical (unpaired) electrons. The Kier molecular flexibility index (Phi) is 5.64. The summed E-state index contributed by atoms with van der Waals surface area (Å²) in [6.45, 7) is 6.68. The average Bonchev–Trinajstić information content (AvgIpc) is 2.74. The second kappa shape index (κ2) is 7.08. The van der Waals surface area contributed by atoms with Crippen LogP contribution in [0.4, 0.5) is 0 Å². The van der Waals surface area contributed by atoms with Crippen LogP contribution in [-0.4, -0.2) is 15.6 Å². The normalized spacial score (nSPS) is 22.8. The lowest BCUT2D eigenvalue weighted by atomic mass is 9.75. The fraction of sp³-hybridized carbons (Fsp3) is 0.765. The van der Waals surface area contributed by atoms with Gasteiger partial charge in [0.05, 0.1) is 15.9 Å². The molecular weight excluding hydrogens is 328 g/mol. The number of ketones is 1. The predicted octanol–water partition coefficient (Wildman–Crippen LogP) is 4.32. The van der Waals surface area contributed by atoms with Gasteiger partial charge in [-0.1, -0.05) is 20.8 Å². The van der Waals surface area contributed by atoms with Crippen molar-refractivity contribution in [3.63, 3.8) is 0 Å². The predicted molar refractivity (Wildman–Crippen MR) is 89.3 cm³/mol. The summed E-state index contributed by atoms with van der Waals surface area (Å²) in [7, 11) is 1.93. The van der Waals surface area contributed by atoms with Crippen LogP contribution in [0.1, 0.15) is 57.8 Å².